The van der Waals surface area contributed by atoms with Gasteiger partial charge >= 0.3 is 5.97 Å². The lowest BCUT2D eigenvalue weighted by atomic mass is 9.83. The van der Waals surface area contributed by atoms with Gasteiger partial charge in [-0.1, -0.05) is 39.0 Å². The van der Waals surface area contributed by atoms with Crippen LogP contribution in [0.3, 0.4) is 0 Å². The third kappa shape index (κ3) is 5.41. The molecule has 0 spiro atoms. The SMILES string of the molecule is CCOC(=O)C(C)CC1CCCCC1.Cl. The molecule has 0 saturated heterocycles. The molecule has 1 aliphatic rings. The predicted octanol–water partition coefficient (Wildman–Crippen LogP) is 3.58. The van der Waals surface area contributed by atoms with Gasteiger partial charge in [-0.3, -0.25) is 4.79 Å². The minimum absolute atomic E-state index is 0. The number of hydrogen-bond acceptors (Lipinski definition) is 2. The molecule has 1 aliphatic carbocycles. The molecule has 1 rings (SSSR count). The molecule has 0 aromatic heterocycles. The third-order valence-electron chi connectivity index (χ3n) is 3.10. The van der Waals surface area contributed by atoms with E-state index in [0.717, 1.165) is 12.3 Å². The van der Waals surface area contributed by atoms with E-state index in [9.17, 15) is 4.79 Å². The van der Waals surface area contributed by atoms with Gasteiger partial charge in [0, 0.05) is 0 Å². The van der Waals surface area contributed by atoms with Crippen LogP contribution >= 0.6 is 12.4 Å². The molecular formula is C12H23ClO2. The number of hydrogen-bond donors (Lipinski definition) is 0. The maximum Gasteiger partial charge on any atom is 0.308 e. The zero-order chi connectivity index (χ0) is 10.4. The standard InChI is InChI=1S/C12H22O2.ClH/c1-3-14-12(13)10(2)9-11-7-5-4-6-8-11;/h10-11H,3-9H2,1-2H3;1H. The molecule has 0 aromatic rings. The predicted molar refractivity (Wildman–Crippen MR) is 64.2 cm³/mol. The van der Waals surface area contributed by atoms with Gasteiger partial charge in [-0.05, 0) is 19.3 Å². The Morgan fingerprint density at radius 2 is 1.93 bits per heavy atom. The summed E-state index contributed by atoms with van der Waals surface area (Å²) >= 11 is 0. The smallest absolute Gasteiger partial charge is 0.308 e. The summed E-state index contributed by atoms with van der Waals surface area (Å²) in [4.78, 5) is 11.4. The maximum atomic E-state index is 11.4. The van der Waals surface area contributed by atoms with Crippen LogP contribution in [0.25, 0.3) is 0 Å². The van der Waals surface area contributed by atoms with E-state index in [4.69, 9.17) is 4.74 Å². The van der Waals surface area contributed by atoms with Crippen molar-refractivity contribution in [1.29, 1.82) is 0 Å². The highest BCUT2D eigenvalue weighted by atomic mass is 35.5. The first-order valence-electron chi connectivity index (χ1n) is 5.90. The summed E-state index contributed by atoms with van der Waals surface area (Å²) in [5.74, 6) is 0.847. The van der Waals surface area contributed by atoms with Crippen LogP contribution in [0, 0.1) is 11.8 Å². The Morgan fingerprint density at radius 3 is 2.47 bits per heavy atom. The van der Waals surface area contributed by atoms with Gasteiger partial charge in [0.2, 0.25) is 0 Å². The molecular weight excluding hydrogens is 212 g/mol. The second-order valence-electron chi connectivity index (χ2n) is 4.39. The van der Waals surface area contributed by atoms with Gasteiger partial charge in [-0.15, -0.1) is 12.4 Å². The number of esters is 1. The maximum absolute atomic E-state index is 11.4. The minimum atomic E-state index is -0.0157. The van der Waals surface area contributed by atoms with Crippen LogP contribution < -0.4 is 0 Å². The molecule has 0 radical (unpaired) electrons. The van der Waals surface area contributed by atoms with Gasteiger partial charge < -0.3 is 4.74 Å². The van der Waals surface area contributed by atoms with Gasteiger partial charge in [-0.25, -0.2) is 0 Å². The van der Waals surface area contributed by atoms with Crippen molar-refractivity contribution in [2.45, 2.75) is 52.4 Å². The molecule has 15 heavy (non-hydrogen) atoms. The zero-order valence-corrected chi connectivity index (χ0v) is 10.6. The van der Waals surface area contributed by atoms with Crippen LogP contribution in [0.2, 0.25) is 0 Å². The van der Waals surface area contributed by atoms with E-state index in [1.165, 1.54) is 32.1 Å². The lowest BCUT2D eigenvalue weighted by Gasteiger charge is -2.23. The van der Waals surface area contributed by atoms with Gasteiger partial charge in [0.05, 0.1) is 12.5 Å². The van der Waals surface area contributed by atoms with Crippen molar-refractivity contribution >= 4 is 18.4 Å². The quantitative estimate of drug-likeness (QED) is 0.695. The summed E-state index contributed by atoms with van der Waals surface area (Å²) in [7, 11) is 0. The number of carbonyl (C=O) groups excluding carboxylic acids is 1. The molecule has 0 amide bonds. The summed E-state index contributed by atoms with van der Waals surface area (Å²) < 4.78 is 5.01. The first kappa shape index (κ1) is 14.8. The minimum Gasteiger partial charge on any atom is -0.466 e. The number of halogens is 1. The highest BCUT2D eigenvalue weighted by Crippen LogP contribution is 2.29. The summed E-state index contributed by atoms with van der Waals surface area (Å²) in [6.45, 7) is 4.37. The lowest BCUT2D eigenvalue weighted by molar-refractivity contribution is -0.148. The summed E-state index contributed by atoms with van der Waals surface area (Å²) in [6.07, 6.45) is 7.72. The monoisotopic (exact) mass is 234 g/mol. The summed E-state index contributed by atoms with van der Waals surface area (Å²) in [6, 6.07) is 0. The van der Waals surface area contributed by atoms with E-state index in [1.807, 2.05) is 13.8 Å². The molecule has 3 heteroatoms. The van der Waals surface area contributed by atoms with Crippen molar-refractivity contribution in [3.05, 3.63) is 0 Å². The third-order valence-corrected chi connectivity index (χ3v) is 3.10. The van der Waals surface area contributed by atoms with E-state index >= 15 is 0 Å². The fourth-order valence-electron chi connectivity index (χ4n) is 2.30. The Bertz CT molecular complexity index is 176. The topological polar surface area (TPSA) is 26.3 Å². The molecule has 0 aromatic carbocycles. The van der Waals surface area contributed by atoms with Crippen LogP contribution in [0.1, 0.15) is 52.4 Å². The Morgan fingerprint density at radius 1 is 1.33 bits per heavy atom. The molecule has 0 N–H and O–H groups in total. The number of rotatable bonds is 4. The van der Waals surface area contributed by atoms with Crippen molar-refractivity contribution in [1.82, 2.24) is 0 Å². The van der Waals surface area contributed by atoms with E-state index in [0.29, 0.717) is 6.61 Å². The van der Waals surface area contributed by atoms with E-state index < -0.39 is 0 Å². The molecule has 1 atom stereocenters. The molecule has 1 fully saturated rings. The van der Waals surface area contributed by atoms with Crippen molar-refractivity contribution in [3.63, 3.8) is 0 Å². The van der Waals surface area contributed by atoms with Crippen LogP contribution in [-0.2, 0) is 9.53 Å². The Hall–Kier alpha value is -0.240. The second-order valence-corrected chi connectivity index (χ2v) is 4.39. The average molecular weight is 235 g/mol. The van der Waals surface area contributed by atoms with Gasteiger partial charge in [0.15, 0.2) is 0 Å². The number of ether oxygens (including phenoxy) is 1. The van der Waals surface area contributed by atoms with Crippen LogP contribution in [-0.4, -0.2) is 12.6 Å². The average Bonchev–Trinajstić information content (AvgIpc) is 2.19. The van der Waals surface area contributed by atoms with E-state index in [-0.39, 0.29) is 24.3 Å². The zero-order valence-electron chi connectivity index (χ0n) is 9.83. The van der Waals surface area contributed by atoms with Crippen molar-refractivity contribution in [2.75, 3.05) is 6.61 Å². The molecule has 0 aliphatic heterocycles. The van der Waals surface area contributed by atoms with Crippen molar-refractivity contribution in [3.8, 4) is 0 Å². The van der Waals surface area contributed by atoms with Crippen molar-refractivity contribution < 1.29 is 9.53 Å². The van der Waals surface area contributed by atoms with Crippen LogP contribution in [0.15, 0.2) is 0 Å². The molecule has 1 unspecified atom stereocenters. The first-order valence-corrected chi connectivity index (χ1v) is 5.90. The Labute approximate surface area is 99.2 Å². The molecule has 1 saturated carbocycles. The molecule has 90 valence electrons. The molecule has 0 heterocycles. The normalized spacial score (nSPS) is 19.1. The first-order chi connectivity index (χ1) is 6.74. The summed E-state index contributed by atoms with van der Waals surface area (Å²) in [5.41, 5.74) is 0. The van der Waals surface area contributed by atoms with E-state index in [2.05, 4.69) is 0 Å². The van der Waals surface area contributed by atoms with Gasteiger partial charge in [-0.2, -0.15) is 0 Å². The van der Waals surface area contributed by atoms with Crippen LogP contribution in [0.4, 0.5) is 0 Å². The lowest BCUT2D eigenvalue weighted by Crippen LogP contribution is -2.19. The van der Waals surface area contributed by atoms with Gasteiger partial charge in [0.25, 0.3) is 0 Å². The fourth-order valence-corrected chi connectivity index (χ4v) is 2.30. The molecule has 2 nitrogen and oxygen atoms in total. The molecule has 0 bridgehead atoms. The van der Waals surface area contributed by atoms with Gasteiger partial charge in [0.1, 0.15) is 0 Å². The van der Waals surface area contributed by atoms with Crippen LogP contribution in [0.5, 0.6) is 0 Å². The summed E-state index contributed by atoms with van der Waals surface area (Å²) in [5, 5.41) is 0. The second kappa shape index (κ2) is 7.98. The number of carbonyl (C=O) groups is 1. The van der Waals surface area contributed by atoms with E-state index in [1.54, 1.807) is 0 Å². The Balaban J connectivity index is 0.00000196. The highest BCUT2D eigenvalue weighted by molar-refractivity contribution is 5.85. The highest BCUT2D eigenvalue weighted by Gasteiger charge is 2.21. The largest absolute Gasteiger partial charge is 0.466 e. The fraction of sp³-hybridized carbons (Fsp3) is 0.917. The van der Waals surface area contributed by atoms with Crippen molar-refractivity contribution in [2.24, 2.45) is 11.8 Å². The Kier molecular flexibility index (Phi) is 7.85.